The molecule has 0 N–H and O–H groups in total. The van der Waals surface area contributed by atoms with Crippen LogP contribution in [0.2, 0.25) is 0 Å². The summed E-state index contributed by atoms with van der Waals surface area (Å²) in [7, 11) is 3.55. The summed E-state index contributed by atoms with van der Waals surface area (Å²) < 4.78 is 0. The van der Waals surface area contributed by atoms with Crippen LogP contribution in [0.1, 0.15) is 36.2 Å². The highest BCUT2D eigenvalue weighted by atomic mass is 32.1. The Labute approximate surface area is 137 Å². The second-order valence-electron chi connectivity index (χ2n) is 6.80. The summed E-state index contributed by atoms with van der Waals surface area (Å²) in [5.41, 5.74) is 3.57. The quantitative estimate of drug-likeness (QED) is 0.856. The zero-order valence-corrected chi connectivity index (χ0v) is 15.0. The van der Waals surface area contributed by atoms with Crippen molar-refractivity contribution < 1.29 is 4.79 Å². The Bertz CT molecular complexity index is 663. The normalized spacial score (nSPS) is 11.5. The lowest BCUT2D eigenvalue weighted by Crippen LogP contribution is -2.23. The average Bonchev–Trinajstić information content (AvgIpc) is 2.78. The van der Waals surface area contributed by atoms with Crippen LogP contribution in [0.3, 0.4) is 0 Å². The Morgan fingerprint density at radius 2 is 1.77 bits per heavy atom. The smallest absolute Gasteiger partial charge is 0.228 e. The number of nitrogens with zero attached hydrogens (tertiary/aromatic N) is 2. The highest BCUT2D eigenvalue weighted by molar-refractivity contribution is 7.12. The maximum absolute atomic E-state index is 11.8. The number of aryl methyl sites for hydroxylation is 1. The van der Waals surface area contributed by atoms with E-state index in [9.17, 15) is 4.79 Å². The molecule has 0 atom stereocenters. The van der Waals surface area contributed by atoms with E-state index in [-0.39, 0.29) is 11.3 Å². The average molecular weight is 316 g/mol. The number of thiazole rings is 1. The third kappa shape index (κ3) is 3.74. The van der Waals surface area contributed by atoms with Crippen LogP contribution in [0.25, 0.3) is 11.3 Å². The number of likely N-dealkylation sites (N-methyl/N-ethyl adjacent to an activating group) is 1. The molecule has 0 unspecified atom stereocenters. The van der Waals surface area contributed by atoms with E-state index in [0.29, 0.717) is 6.42 Å². The zero-order chi connectivity index (χ0) is 16.5. The van der Waals surface area contributed by atoms with Gasteiger partial charge in [0.05, 0.1) is 12.1 Å². The summed E-state index contributed by atoms with van der Waals surface area (Å²) in [5.74, 6) is 0.0865. The summed E-state index contributed by atoms with van der Waals surface area (Å²) in [5, 5.41) is 0.881. The summed E-state index contributed by atoms with van der Waals surface area (Å²) in [6.07, 6.45) is 0.374. The summed E-state index contributed by atoms with van der Waals surface area (Å²) in [6.45, 7) is 8.69. The number of aromatic nitrogens is 1. The molecule has 0 saturated heterocycles. The minimum Gasteiger partial charge on any atom is -0.348 e. The Hall–Kier alpha value is -1.68. The van der Waals surface area contributed by atoms with Crippen LogP contribution in [0.4, 0.5) is 0 Å². The van der Waals surface area contributed by atoms with Gasteiger partial charge in [-0.15, -0.1) is 11.3 Å². The first kappa shape index (κ1) is 16.7. The predicted molar refractivity (Wildman–Crippen MR) is 93.4 cm³/mol. The van der Waals surface area contributed by atoms with E-state index in [1.807, 2.05) is 0 Å². The van der Waals surface area contributed by atoms with E-state index in [1.54, 1.807) is 30.3 Å². The molecule has 1 heterocycles. The van der Waals surface area contributed by atoms with Crippen LogP contribution in [-0.2, 0) is 16.6 Å². The number of carbonyl (C=O) groups is 1. The van der Waals surface area contributed by atoms with E-state index in [0.717, 1.165) is 21.1 Å². The van der Waals surface area contributed by atoms with Gasteiger partial charge in [0.25, 0.3) is 0 Å². The molecule has 0 spiro atoms. The molecule has 0 bridgehead atoms. The largest absolute Gasteiger partial charge is 0.348 e. The summed E-state index contributed by atoms with van der Waals surface area (Å²) >= 11 is 1.61. The number of hydrogen-bond donors (Lipinski definition) is 0. The van der Waals surface area contributed by atoms with E-state index in [2.05, 4.69) is 56.9 Å². The fraction of sp³-hybridized carbons (Fsp3) is 0.444. The number of amides is 1. The topological polar surface area (TPSA) is 33.2 Å². The van der Waals surface area contributed by atoms with Crippen molar-refractivity contribution in [3.8, 4) is 11.3 Å². The van der Waals surface area contributed by atoms with E-state index in [1.165, 1.54) is 5.56 Å². The van der Waals surface area contributed by atoms with E-state index >= 15 is 0 Å². The van der Waals surface area contributed by atoms with Gasteiger partial charge in [-0.1, -0.05) is 45.0 Å². The molecule has 2 rings (SSSR count). The minimum atomic E-state index is 0.0865. The van der Waals surface area contributed by atoms with Crippen LogP contribution in [0.5, 0.6) is 0 Å². The molecule has 1 amide bonds. The molecule has 1 aromatic heterocycles. The van der Waals surface area contributed by atoms with Gasteiger partial charge in [0.15, 0.2) is 0 Å². The first-order chi connectivity index (χ1) is 10.2. The van der Waals surface area contributed by atoms with Gasteiger partial charge >= 0.3 is 0 Å². The number of hydrogen-bond acceptors (Lipinski definition) is 3. The lowest BCUT2D eigenvalue weighted by atomic mass is 9.86. The molecule has 2 aromatic rings. The first-order valence-corrected chi connectivity index (χ1v) is 8.27. The van der Waals surface area contributed by atoms with Gasteiger partial charge in [-0.3, -0.25) is 4.79 Å². The van der Waals surface area contributed by atoms with E-state index < -0.39 is 0 Å². The van der Waals surface area contributed by atoms with Gasteiger partial charge < -0.3 is 4.90 Å². The fourth-order valence-electron chi connectivity index (χ4n) is 2.21. The van der Waals surface area contributed by atoms with Gasteiger partial charge in [0.1, 0.15) is 5.01 Å². The second-order valence-corrected chi connectivity index (χ2v) is 8.09. The van der Waals surface area contributed by atoms with Crippen molar-refractivity contribution in [1.29, 1.82) is 0 Å². The maximum Gasteiger partial charge on any atom is 0.228 e. The second kappa shape index (κ2) is 6.21. The highest BCUT2D eigenvalue weighted by Gasteiger charge is 2.16. The highest BCUT2D eigenvalue weighted by Crippen LogP contribution is 2.30. The van der Waals surface area contributed by atoms with Crippen molar-refractivity contribution >= 4 is 17.2 Å². The van der Waals surface area contributed by atoms with Gasteiger partial charge in [-0.25, -0.2) is 4.98 Å². The van der Waals surface area contributed by atoms with Crippen LogP contribution in [0, 0.1) is 6.92 Å². The SMILES string of the molecule is Cc1sc(CC(=O)N(C)C)nc1-c1ccc(C(C)(C)C)cc1. The summed E-state index contributed by atoms with van der Waals surface area (Å²) in [4.78, 5) is 19.2. The van der Waals surface area contributed by atoms with Crippen LogP contribution in [-0.4, -0.2) is 29.9 Å². The molecule has 22 heavy (non-hydrogen) atoms. The molecule has 4 heteroatoms. The van der Waals surface area contributed by atoms with Gasteiger partial charge in [0.2, 0.25) is 5.91 Å². The summed E-state index contributed by atoms with van der Waals surface area (Å²) in [6, 6.07) is 8.58. The number of carbonyl (C=O) groups excluding carboxylic acids is 1. The molecular formula is C18H24N2OS. The first-order valence-electron chi connectivity index (χ1n) is 7.46. The van der Waals surface area contributed by atoms with Crippen molar-refractivity contribution in [2.45, 2.75) is 39.5 Å². The molecule has 0 aliphatic heterocycles. The molecule has 1 aromatic carbocycles. The van der Waals surface area contributed by atoms with Gasteiger partial charge in [-0.05, 0) is 17.9 Å². The zero-order valence-electron chi connectivity index (χ0n) is 14.2. The Morgan fingerprint density at radius 1 is 1.18 bits per heavy atom. The Morgan fingerprint density at radius 3 is 2.27 bits per heavy atom. The molecule has 0 saturated carbocycles. The Kier molecular flexibility index (Phi) is 4.71. The molecule has 3 nitrogen and oxygen atoms in total. The molecule has 0 fully saturated rings. The number of rotatable bonds is 3. The molecule has 0 aliphatic rings. The third-order valence-electron chi connectivity index (χ3n) is 3.67. The van der Waals surface area contributed by atoms with Crippen molar-refractivity contribution in [2.75, 3.05) is 14.1 Å². The van der Waals surface area contributed by atoms with Crippen molar-refractivity contribution in [2.24, 2.45) is 0 Å². The fourth-order valence-corrected chi connectivity index (χ4v) is 3.16. The predicted octanol–water partition coefficient (Wildman–Crippen LogP) is 4.05. The van der Waals surface area contributed by atoms with Crippen LogP contribution < -0.4 is 0 Å². The number of benzene rings is 1. The lowest BCUT2D eigenvalue weighted by Gasteiger charge is -2.19. The van der Waals surface area contributed by atoms with Crippen LogP contribution >= 0.6 is 11.3 Å². The van der Waals surface area contributed by atoms with Crippen molar-refractivity contribution in [3.05, 3.63) is 39.7 Å². The monoisotopic (exact) mass is 316 g/mol. The Balaban J connectivity index is 2.26. The molecule has 0 radical (unpaired) electrons. The van der Waals surface area contributed by atoms with Gasteiger partial charge in [0, 0.05) is 24.5 Å². The third-order valence-corrected chi connectivity index (χ3v) is 4.64. The maximum atomic E-state index is 11.8. The minimum absolute atomic E-state index is 0.0865. The van der Waals surface area contributed by atoms with Crippen molar-refractivity contribution in [3.63, 3.8) is 0 Å². The standard InChI is InChI=1S/C18H24N2OS/c1-12-17(19-15(22-12)11-16(21)20(5)6)13-7-9-14(10-8-13)18(2,3)4/h7-10H,11H2,1-6H3. The van der Waals surface area contributed by atoms with Gasteiger partial charge in [-0.2, -0.15) is 0 Å². The lowest BCUT2D eigenvalue weighted by molar-refractivity contribution is -0.127. The molecular weight excluding hydrogens is 292 g/mol. The van der Waals surface area contributed by atoms with Crippen molar-refractivity contribution in [1.82, 2.24) is 9.88 Å². The van der Waals surface area contributed by atoms with Crippen LogP contribution in [0.15, 0.2) is 24.3 Å². The molecule has 0 aliphatic carbocycles. The van der Waals surface area contributed by atoms with E-state index in [4.69, 9.17) is 0 Å². The molecule has 118 valence electrons.